The highest BCUT2D eigenvalue weighted by molar-refractivity contribution is 5.47. The standard InChI is InChI=1S/C8H10N2O4/c9-4-8(12)5-1-2-6(10(13)14)7(11)3-5/h1-3,8,11-12H,4,9H2/t8-/m1/s1. The van der Waals surface area contributed by atoms with Gasteiger partial charge in [0.1, 0.15) is 0 Å². The Balaban J connectivity index is 3.06. The molecule has 0 aliphatic rings. The molecule has 1 aromatic carbocycles. The van der Waals surface area contributed by atoms with Crippen LogP contribution in [-0.2, 0) is 0 Å². The predicted molar refractivity (Wildman–Crippen MR) is 48.8 cm³/mol. The van der Waals surface area contributed by atoms with Crippen LogP contribution in [0.1, 0.15) is 11.7 Å². The number of nitrogens with two attached hydrogens (primary N) is 1. The summed E-state index contributed by atoms with van der Waals surface area (Å²) in [4.78, 5) is 9.63. The number of nitro benzene ring substituents is 1. The molecule has 4 N–H and O–H groups in total. The Labute approximate surface area is 79.7 Å². The highest BCUT2D eigenvalue weighted by atomic mass is 16.6. The number of aliphatic hydroxyl groups excluding tert-OH is 1. The Morgan fingerprint density at radius 2 is 2.21 bits per heavy atom. The second-order valence-corrected chi connectivity index (χ2v) is 2.76. The SMILES string of the molecule is NC[C@@H](O)c1ccc([N+](=O)[O-])c(O)c1. The van der Waals surface area contributed by atoms with Crippen LogP contribution in [0, 0.1) is 10.1 Å². The van der Waals surface area contributed by atoms with Gasteiger partial charge in [-0.3, -0.25) is 10.1 Å². The van der Waals surface area contributed by atoms with Gasteiger partial charge in [-0.25, -0.2) is 0 Å². The molecule has 76 valence electrons. The zero-order chi connectivity index (χ0) is 10.7. The number of hydrogen-bond acceptors (Lipinski definition) is 5. The van der Waals surface area contributed by atoms with E-state index in [0.29, 0.717) is 5.56 Å². The molecule has 14 heavy (non-hydrogen) atoms. The van der Waals surface area contributed by atoms with E-state index in [1.54, 1.807) is 0 Å². The highest BCUT2D eigenvalue weighted by Crippen LogP contribution is 2.28. The van der Waals surface area contributed by atoms with Crippen LogP contribution in [-0.4, -0.2) is 21.7 Å². The molecule has 0 aliphatic heterocycles. The van der Waals surface area contributed by atoms with Crippen LogP contribution in [0.5, 0.6) is 5.75 Å². The lowest BCUT2D eigenvalue weighted by Gasteiger charge is -2.07. The smallest absolute Gasteiger partial charge is 0.310 e. The van der Waals surface area contributed by atoms with Crippen molar-refractivity contribution in [2.45, 2.75) is 6.10 Å². The van der Waals surface area contributed by atoms with Crippen molar-refractivity contribution in [2.24, 2.45) is 5.73 Å². The molecule has 6 heteroatoms. The first-order valence-electron chi connectivity index (χ1n) is 3.91. The number of nitro groups is 1. The van der Waals surface area contributed by atoms with Crippen molar-refractivity contribution in [1.29, 1.82) is 0 Å². The average molecular weight is 198 g/mol. The Morgan fingerprint density at radius 3 is 2.64 bits per heavy atom. The number of phenolic OH excluding ortho intramolecular Hbond substituents is 1. The Hall–Kier alpha value is -1.66. The third-order valence-corrected chi connectivity index (χ3v) is 1.80. The summed E-state index contributed by atoms with van der Waals surface area (Å²) in [7, 11) is 0. The minimum atomic E-state index is -0.915. The van der Waals surface area contributed by atoms with E-state index in [0.717, 1.165) is 12.1 Å². The molecular weight excluding hydrogens is 188 g/mol. The summed E-state index contributed by atoms with van der Waals surface area (Å²) in [5.74, 6) is -0.472. The van der Waals surface area contributed by atoms with E-state index in [2.05, 4.69) is 0 Å². The van der Waals surface area contributed by atoms with Crippen LogP contribution >= 0.6 is 0 Å². The number of nitrogens with zero attached hydrogens (tertiary/aromatic N) is 1. The summed E-state index contributed by atoms with van der Waals surface area (Å²) < 4.78 is 0. The van der Waals surface area contributed by atoms with E-state index >= 15 is 0 Å². The van der Waals surface area contributed by atoms with Crippen molar-refractivity contribution in [3.05, 3.63) is 33.9 Å². The lowest BCUT2D eigenvalue weighted by atomic mass is 10.1. The zero-order valence-electron chi connectivity index (χ0n) is 7.25. The number of phenols is 1. The van der Waals surface area contributed by atoms with E-state index in [-0.39, 0.29) is 6.54 Å². The van der Waals surface area contributed by atoms with E-state index in [9.17, 15) is 20.3 Å². The van der Waals surface area contributed by atoms with Gasteiger partial charge < -0.3 is 15.9 Å². The average Bonchev–Trinajstić information content (AvgIpc) is 2.15. The maximum atomic E-state index is 10.3. The fourth-order valence-electron chi connectivity index (χ4n) is 1.04. The highest BCUT2D eigenvalue weighted by Gasteiger charge is 2.15. The summed E-state index contributed by atoms with van der Waals surface area (Å²) in [6, 6.07) is 3.62. The predicted octanol–water partition coefficient (Wildman–Crippen LogP) is 0.292. The van der Waals surface area contributed by atoms with Gasteiger partial charge >= 0.3 is 5.69 Å². The second-order valence-electron chi connectivity index (χ2n) is 2.76. The Bertz CT molecular complexity index is 353. The first-order valence-corrected chi connectivity index (χ1v) is 3.91. The fourth-order valence-corrected chi connectivity index (χ4v) is 1.04. The van der Waals surface area contributed by atoms with Crippen molar-refractivity contribution in [3.63, 3.8) is 0 Å². The maximum Gasteiger partial charge on any atom is 0.310 e. The molecule has 0 saturated carbocycles. The number of benzene rings is 1. The molecule has 0 saturated heterocycles. The third-order valence-electron chi connectivity index (χ3n) is 1.80. The zero-order valence-corrected chi connectivity index (χ0v) is 7.25. The number of aromatic hydroxyl groups is 1. The lowest BCUT2D eigenvalue weighted by Crippen LogP contribution is -2.11. The van der Waals surface area contributed by atoms with Crippen LogP contribution in [0.2, 0.25) is 0 Å². The molecule has 6 nitrogen and oxygen atoms in total. The number of rotatable bonds is 3. The molecule has 0 bridgehead atoms. The van der Waals surface area contributed by atoms with Gasteiger partial charge in [0.05, 0.1) is 11.0 Å². The molecule has 0 aliphatic carbocycles. The Morgan fingerprint density at radius 1 is 1.57 bits per heavy atom. The molecule has 0 heterocycles. The van der Waals surface area contributed by atoms with E-state index in [1.165, 1.54) is 6.07 Å². The molecule has 1 aromatic rings. The van der Waals surface area contributed by atoms with Crippen LogP contribution in [0.3, 0.4) is 0 Å². The van der Waals surface area contributed by atoms with Gasteiger partial charge in [-0.2, -0.15) is 0 Å². The number of aliphatic hydroxyl groups is 1. The van der Waals surface area contributed by atoms with Crippen LogP contribution < -0.4 is 5.73 Å². The fraction of sp³-hybridized carbons (Fsp3) is 0.250. The molecule has 0 unspecified atom stereocenters. The van der Waals surface area contributed by atoms with Gasteiger partial charge in [0, 0.05) is 12.6 Å². The molecular formula is C8H10N2O4. The topological polar surface area (TPSA) is 110 Å². The van der Waals surface area contributed by atoms with E-state index in [4.69, 9.17) is 5.73 Å². The molecule has 0 aromatic heterocycles. The second kappa shape index (κ2) is 4.03. The first kappa shape index (κ1) is 10.4. The minimum Gasteiger partial charge on any atom is -0.502 e. The number of hydrogen-bond donors (Lipinski definition) is 3. The third kappa shape index (κ3) is 1.98. The first-order chi connectivity index (χ1) is 6.56. The normalized spacial score (nSPS) is 12.4. The lowest BCUT2D eigenvalue weighted by molar-refractivity contribution is -0.385. The van der Waals surface area contributed by atoms with Crippen molar-refractivity contribution in [1.82, 2.24) is 0 Å². The van der Waals surface area contributed by atoms with Gasteiger partial charge in [0.2, 0.25) is 0 Å². The van der Waals surface area contributed by atoms with E-state index in [1.807, 2.05) is 0 Å². The van der Waals surface area contributed by atoms with Crippen LogP contribution in [0.25, 0.3) is 0 Å². The van der Waals surface area contributed by atoms with Crippen molar-refractivity contribution in [2.75, 3.05) is 6.54 Å². The summed E-state index contributed by atoms with van der Waals surface area (Å²) in [6.07, 6.45) is -0.915. The quantitative estimate of drug-likeness (QED) is 0.477. The molecule has 0 amide bonds. The summed E-state index contributed by atoms with van der Waals surface area (Å²) in [6.45, 7) is -0.00273. The van der Waals surface area contributed by atoms with Gasteiger partial charge in [-0.05, 0) is 17.7 Å². The van der Waals surface area contributed by atoms with E-state index < -0.39 is 22.5 Å². The van der Waals surface area contributed by atoms with Crippen molar-refractivity contribution in [3.8, 4) is 5.75 Å². The molecule has 0 fully saturated rings. The maximum absolute atomic E-state index is 10.3. The van der Waals surface area contributed by atoms with Gasteiger partial charge in [0.15, 0.2) is 5.75 Å². The van der Waals surface area contributed by atoms with Gasteiger partial charge in [0.25, 0.3) is 0 Å². The minimum absolute atomic E-state index is 0.00273. The molecule has 1 atom stereocenters. The monoisotopic (exact) mass is 198 g/mol. The van der Waals surface area contributed by atoms with Crippen molar-refractivity contribution >= 4 is 5.69 Å². The van der Waals surface area contributed by atoms with Crippen LogP contribution in [0.4, 0.5) is 5.69 Å². The molecule has 1 rings (SSSR count). The van der Waals surface area contributed by atoms with Gasteiger partial charge in [-0.15, -0.1) is 0 Å². The molecule has 0 radical (unpaired) electrons. The Kier molecular flexibility index (Phi) is 3.00. The summed E-state index contributed by atoms with van der Waals surface area (Å²) in [5, 5.41) is 28.8. The largest absolute Gasteiger partial charge is 0.502 e. The molecule has 0 spiro atoms. The van der Waals surface area contributed by atoms with Crippen LogP contribution in [0.15, 0.2) is 18.2 Å². The van der Waals surface area contributed by atoms with Crippen molar-refractivity contribution < 1.29 is 15.1 Å². The summed E-state index contributed by atoms with van der Waals surface area (Å²) in [5.41, 5.74) is 5.15. The van der Waals surface area contributed by atoms with Gasteiger partial charge in [-0.1, -0.05) is 0 Å². The summed E-state index contributed by atoms with van der Waals surface area (Å²) >= 11 is 0.